The zero-order valence-electron chi connectivity index (χ0n) is 14.3. The zero-order chi connectivity index (χ0) is 17.1. The van der Waals surface area contributed by atoms with Crippen LogP contribution in [-0.2, 0) is 17.7 Å². The van der Waals surface area contributed by atoms with Crippen molar-refractivity contribution in [2.75, 3.05) is 25.0 Å². The maximum Gasteiger partial charge on any atom is 0.272 e. The van der Waals surface area contributed by atoms with Gasteiger partial charge in [0.1, 0.15) is 5.69 Å². The highest BCUT2D eigenvalue weighted by molar-refractivity contribution is 5.92. The van der Waals surface area contributed by atoms with Gasteiger partial charge in [0.25, 0.3) is 5.91 Å². The number of aromatic nitrogens is 1. The Kier molecular flexibility index (Phi) is 4.65. The molecule has 1 fully saturated rings. The molecule has 1 unspecified atom stereocenters. The molecule has 1 aromatic carbocycles. The van der Waals surface area contributed by atoms with Gasteiger partial charge in [0.15, 0.2) is 0 Å². The number of carbonyl (C=O) groups is 1. The van der Waals surface area contributed by atoms with Gasteiger partial charge in [-0.2, -0.15) is 0 Å². The van der Waals surface area contributed by atoms with Crippen molar-refractivity contribution in [2.24, 2.45) is 0 Å². The maximum atomic E-state index is 12.7. The van der Waals surface area contributed by atoms with Crippen molar-refractivity contribution >= 4 is 11.6 Å². The molecule has 1 atom stereocenters. The molecule has 25 heavy (non-hydrogen) atoms. The first kappa shape index (κ1) is 16.1. The minimum absolute atomic E-state index is 0.000166. The highest BCUT2D eigenvalue weighted by Crippen LogP contribution is 2.20. The monoisotopic (exact) mass is 337 g/mol. The second-order valence-corrected chi connectivity index (χ2v) is 6.69. The molecule has 1 aromatic heterocycles. The molecule has 1 saturated heterocycles. The predicted molar refractivity (Wildman–Crippen MR) is 96.6 cm³/mol. The molecule has 0 spiro atoms. The molecule has 130 valence electrons. The van der Waals surface area contributed by atoms with Gasteiger partial charge in [-0.05, 0) is 42.5 Å². The summed E-state index contributed by atoms with van der Waals surface area (Å²) < 4.78 is 5.60. The molecule has 0 radical (unpaired) electrons. The number of carbonyl (C=O) groups excluding carboxylic acids is 1. The summed E-state index contributed by atoms with van der Waals surface area (Å²) in [4.78, 5) is 19.0. The van der Waals surface area contributed by atoms with E-state index in [0.717, 1.165) is 44.6 Å². The summed E-state index contributed by atoms with van der Waals surface area (Å²) in [6.07, 6.45) is 5.17. The Balaban J connectivity index is 1.37. The molecule has 2 aliphatic rings. The van der Waals surface area contributed by atoms with Crippen LogP contribution < -0.4 is 5.32 Å². The summed E-state index contributed by atoms with van der Waals surface area (Å²) in [6, 6.07) is 12.1. The normalized spacial score (nSPS) is 19.5. The lowest BCUT2D eigenvalue weighted by Crippen LogP contribution is -2.36. The van der Waals surface area contributed by atoms with E-state index in [2.05, 4.69) is 28.5 Å². The topological polar surface area (TPSA) is 54.5 Å². The Morgan fingerprint density at radius 1 is 1.24 bits per heavy atom. The third-order valence-electron chi connectivity index (χ3n) is 4.96. The molecule has 3 heterocycles. The van der Waals surface area contributed by atoms with Gasteiger partial charge >= 0.3 is 0 Å². The van der Waals surface area contributed by atoms with Crippen LogP contribution in [0.5, 0.6) is 0 Å². The van der Waals surface area contributed by atoms with E-state index in [1.54, 1.807) is 12.3 Å². The van der Waals surface area contributed by atoms with Crippen molar-refractivity contribution in [3.8, 4) is 0 Å². The van der Waals surface area contributed by atoms with Crippen molar-refractivity contribution < 1.29 is 9.53 Å². The number of amides is 1. The van der Waals surface area contributed by atoms with Crippen LogP contribution in [0, 0.1) is 0 Å². The average molecular weight is 337 g/mol. The number of hydrogen-bond acceptors (Lipinski definition) is 4. The Labute approximate surface area is 148 Å². The van der Waals surface area contributed by atoms with Gasteiger partial charge < -0.3 is 15.0 Å². The number of rotatable bonds is 4. The Hall–Kier alpha value is -2.40. The van der Waals surface area contributed by atoms with Crippen LogP contribution in [0.25, 0.3) is 0 Å². The summed E-state index contributed by atoms with van der Waals surface area (Å²) >= 11 is 0. The average Bonchev–Trinajstić information content (AvgIpc) is 3.19. The quantitative estimate of drug-likeness (QED) is 0.932. The van der Waals surface area contributed by atoms with Gasteiger partial charge in [0.05, 0.1) is 18.0 Å². The van der Waals surface area contributed by atoms with Crippen LogP contribution in [0.3, 0.4) is 0 Å². The lowest BCUT2D eigenvalue weighted by Gasteiger charge is -2.28. The molecule has 0 bridgehead atoms. The van der Waals surface area contributed by atoms with Crippen LogP contribution in [0.2, 0.25) is 0 Å². The molecule has 4 rings (SSSR count). The van der Waals surface area contributed by atoms with E-state index in [1.165, 1.54) is 11.1 Å². The number of anilines is 1. The van der Waals surface area contributed by atoms with Crippen molar-refractivity contribution in [3.05, 3.63) is 59.4 Å². The van der Waals surface area contributed by atoms with Gasteiger partial charge in [-0.1, -0.05) is 24.3 Å². The number of hydrogen-bond donors (Lipinski definition) is 1. The van der Waals surface area contributed by atoms with E-state index in [0.29, 0.717) is 12.2 Å². The van der Waals surface area contributed by atoms with E-state index >= 15 is 0 Å². The number of fused-ring (bicyclic) bond motifs is 1. The summed E-state index contributed by atoms with van der Waals surface area (Å²) in [5.74, 6) is 0.000166. The van der Waals surface area contributed by atoms with E-state index in [9.17, 15) is 4.79 Å². The first-order valence-corrected chi connectivity index (χ1v) is 8.97. The van der Waals surface area contributed by atoms with E-state index in [4.69, 9.17) is 4.74 Å². The maximum absolute atomic E-state index is 12.7. The molecular weight excluding hydrogens is 314 g/mol. The highest BCUT2D eigenvalue weighted by Gasteiger charge is 2.22. The van der Waals surface area contributed by atoms with Crippen molar-refractivity contribution in [1.29, 1.82) is 0 Å². The molecule has 5 heteroatoms. The van der Waals surface area contributed by atoms with Crippen LogP contribution in [0.1, 0.15) is 34.5 Å². The fourth-order valence-electron chi connectivity index (χ4n) is 3.49. The highest BCUT2D eigenvalue weighted by atomic mass is 16.5. The number of benzene rings is 1. The van der Waals surface area contributed by atoms with Crippen molar-refractivity contribution in [3.63, 3.8) is 0 Å². The first-order valence-electron chi connectivity index (χ1n) is 8.97. The summed E-state index contributed by atoms with van der Waals surface area (Å²) in [7, 11) is 0. The van der Waals surface area contributed by atoms with Crippen LogP contribution >= 0.6 is 0 Å². The third-order valence-corrected chi connectivity index (χ3v) is 4.96. The van der Waals surface area contributed by atoms with Gasteiger partial charge in [-0.25, -0.2) is 4.98 Å². The summed E-state index contributed by atoms with van der Waals surface area (Å²) in [5.41, 5.74) is 4.00. The van der Waals surface area contributed by atoms with Gasteiger partial charge in [-0.15, -0.1) is 0 Å². The Morgan fingerprint density at radius 2 is 2.12 bits per heavy atom. The Morgan fingerprint density at radius 3 is 2.88 bits per heavy atom. The fraction of sp³-hybridized carbons (Fsp3) is 0.400. The van der Waals surface area contributed by atoms with E-state index < -0.39 is 0 Å². The summed E-state index contributed by atoms with van der Waals surface area (Å²) in [6.45, 7) is 3.06. The molecule has 1 amide bonds. The van der Waals surface area contributed by atoms with Gasteiger partial charge in [-0.3, -0.25) is 4.79 Å². The third kappa shape index (κ3) is 3.66. The number of nitrogens with one attached hydrogen (secondary N) is 1. The summed E-state index contributed by atoms with van der Waals surface area (Å²) in [5, 5.41) is 3.33. The SMILES string of the molecule is O=C(c1ccc(NCC2CCCO2)cn1)N1CCc2ccccc2C1. The zero-order valence-corrected chi connectivity index (χ0v) is 14.3. The molecule has 2 aromatic rings. The molecular formula is C20H23N3O2. The molecule has 0 aliphatic carbocycles. The largest absolute Gasteiger partial charge is 0.381 e. The van der Waals surface area contributed by atoms with Crippen molar-refractivity contribution in [2.45, 2.75) is 31.9 Å². The minimum Gasteiger partial charge on any atom is -0.381 e. The van der Waals surface area contributed by atoms with Crippen LogP contribution in [0.15, 0.2) is 42.6 Å². The number of pyridine rings is 1. The van der Waals surface area contributed by atoms with E-state index in [-0.39, 0.29) is 12.0 Å². The lowest BCUT2D eigenvalue weighted by atomic mass is 10.00. The second-order valence-electron chi connectivity index (χ2n) is 6.69. The molecule has 0 saturated carbocycles. The standard InChI is InChI=1S/C20H23N3O2/c24-20(23-10-9-15-4-1-2-5-16(15)14-23)19-8-7-17(12-22-19)21-13-18-6-3-11-25-18/h1-2,4-5,7-8,12,18,21H,3,6,9-11,13-14H2. The molecule has 2 aliphatic heterocycles. The Bertz CT molecular complexity index is 739. The van der Waals surface area contributed by atoms with Gasteiger partial charge in [0, 0.05) is 26.2 Å². The van der Waals surface area contributed by atoms with Crippen LogP contribution in [-0.4, -0.2) is 41.6 Å². The second kappa shape index (κ2) is 7.23. The number of ether oxygens (including phenoxy) is 1. The fourth-order valence-corrected chi connectivity index (χ4v) is 3.49. The van der Waals surface area contributed by atoms with Crippen LogP contribution in [0.4, 0.5) is 5.69 Å². The minimum atomic E-state index is 0.000166. The van der Waals surface area contributed by atoms with Crippen molar-refractivity contribution in [1.82, 2.24) is 9.88 Å². The predicted octanol–water partition coefficient (Wildman–Crippen LogP) is 2.87. The molecule has 5 nitrogen and oxygen atoms in total. The first-order chi connectivity index (χ1) is 12.3. The number of nitrogens with zero attached hydrogens (tertiary/aromatic N) is 2. The van der Waals surface area contributed by atoms with Gasteiger partial charge in [0.2, 0.25) is 0 Å². The molecule has 1 N–H and O–H groups in total. The smallest absolute Gasteiger partial charge is 0.272 e. The van der Waals surface area contributed by atoms with E-state index in [1.807, 2.05) is 17.0 Å². The lowest BCUT2D eigenvalue weighted by molar-refractivity contribution is 0.0729.